The van der Waals surface area contributed by atoms with Crippen LogP contribution in [0.1, 0.15) is 36.6 Å². The minimum absolute atomic E-state index is 0.271. The molecule has 37 heavy (non-hydrogen) atoms. The van der Waals surface area contributed by atoms with E-state index < -0.39 is 11.9 Å². The predicted molar refractivity (Wildman–Crippen MR) is 144 cm³/mol. The van der Waals surface area contributed by atoms with Gasteiger partial charge in [-0.2, -0.15) is 5.10 Å². The molecule has 7 nitrogen and oxygen atoms in total. The van der Waals surface area contributed by atoms with Crippen molar-refractivity contribution in [1.29, 1.82) is 0 Å². The Morgan fingerprint density at radius 2 is 1.35 bits per heavy atom. The lowest BCUT2D eigenvalue weighted by molar-refractivity contribution is 0.0734. The number of carbonyl (C=O) groups excluding carboxylic acids is 3. The van der Waals surface area contributed by atoms with Crippen LogP contribution in [0.2, 0.25) is 10.0 Å². The SMILES string of the molecule is O=C(NN=Cc1ccccc1OC(=O)c1ccc(Cl)cc1)c1cccc(NC(=O)c2ccc(Cl)cc2)c1. The maximum Gasteiger partial charge on any atom is 0.343 e. The first kappa shape index (κ1) is 25.6. The Kier molecular flexibility index (Phi) is 8.30. The van der Waals surface area contributed by atoms with Crippen molar-refractivity contribution in [3.63, 3.8) is 0 Å². The fourth-order valence-electron chi connectivity index (χ4n) is 3.19. The number of nitrogens with one attached hydrogen (secondary N) is 2. The number of rotatable bonds is 7. The number of hydrazone groups is 1. The summed E-state index contributed by atoms with van der Waals surface area (Å²) < 4.78 is 5.48. The number of nitrogens with zero attached hydrogens (tertiary/aromatic N) is 1. The van der Waals surface area contributed by atoms with Crippen LogP contribution in [0.25, 0.3) is 0 Å². The highest BCUT2D eigenvalue weighted by atomic mass is 35.5. The summed E-state index contributed by atoms with van der Waals surface area (Å²) in [5, 5.41) is 7.76. The topological polar surface area (TPSA) is 96.9 Å². The smallest absolute Gasteiger partial charge is 0.343 e. The number of esters is 1. The van der Waals surface area contributed by atoms with Gasteiger partial charge >= 0.3 is 5.97 Å². The van der Waals surface area contributed by atoms with Crippen molar-refractivity contribution in [2.75, 3.05) is 5.32 Å². The average Bonchev–Trinajstić information content (AvgIpc) is 2.90. The molecule has 9 heteroatoms. The van der Waals surface area contributed by atoms with E-state index in [1.54, 1.807) is 91.0 Å². The standard InChI is InChI=1S/C28H19Cl2N3O4/c29-22-12-8-18(9-13-22)26(34)32-24-6-3-5-20(16-24)27(35)33-31-17-21-4-1-2-7-25(21)37-28(36)19-10-14-23(30)15-11-19/h1-17H,(H,32,34)(H,33,35). The van der Waals surface area contributed by atoms with Gasteiger partial charge in [0.2, 0.25) is 0 Å². The van der Waals surface area contributed by atoms with Gasteiger partial charge in [-0.05, 0) is 78.9 Å². The van der Waals surface area contributed by atoms with Crippen molar-refractivity contribution in [2.45, 2.75) is 0 Å². The molecule has 0 heterocycles. The van der Waals surface area contributed by atoms with E-state index in [-0.39, 0.29) is 17.2 Å². The molecule has 0 aromatic heterocycles. The number of amides is 2. The van der Waals surface area contributed by atoms with Crippen LogP contribution in [0, 0.1) is 0 Å². The molecule has 0 aliphatic rings. The third-order valence-corrected chi connectivity index (χ3v) is 5.56. The van der Waals surface area contributed by atoms with Crippen LogP contribution in [0.3, 0.4) is 0 Å². The summed E-state index contributed by atoms with van der Waals surface area (Å²) in [6.07, 6.45) is 1.37. The highest BCUT2D eigenvalue weighted by molar-refractivity contribution is 6.31. The molecule has 0 bridgehead atoms. The van der Waals surface area contributed by atoms with Crippen molar-refractivity contribution >= 4 is 52.9 Å². The van der Waals surface area contributed by atoms with Crippen molar-refractivity contribution in [3.8, 4) is 5.75 Å². The molecule has 2 amide bonds. The van der Waals surface area contributed by atoms with E-state index >= 15 is 0 Å². The molecule has 0 radical (unpaired) electrons. The molecule has 2 N–H and O–H groups in total. The van der Waals surface area contributed by atoms with Gasteiger partial charge in [-0.1, -0.05) is 41.4 Å². The summed E-state index contributed by atoms with van der Waals surface area (Å²) in [4.78, 5) is 37.5. The van der Waals surface area contributed by atoms with Gasteiger partial charge in [0.05, 0.1) is 11.8 Å². The second-order valence-electron chi connectivity index (χ2n) is 7.68. The fourth-order valence-corrected chi connectivity index (χ4v) is 3.44. The number of benzene rings is 4. The zero-order chi connectivity index (χ0) is 26.2. The third-order valence-electron chi connectivity index (χ3n) is 5.06. The second kappa shape index (κ2) is 12.0. The van der Waals surface area contributed by atoms with Crippen LogP contribution >= 0.6 is 23.2 Å². The summed E-state index contributed by atoms with van der Waals surface area (Å²) in [6.45, 7) is 0. The van der Waals surface area contributed by atoms with E-state index in [1.165, 1.54) is 12.3 Å². The summed E-state index contributed by atoms with van der Waals surface area (Å²) in [6, 6.07) is 26.0. The normalized spacial score (nSPS) is 10.6. The van der Waals surface area contributed by atoms with Crippen molar-refractivity contribution in [3.05, 3.63) is 129 Å². The quantitative estimate of drug-likeness (QED) is 0.128. The van der Waals surface area contributed by atoms with Crippen molar-refractivity contribution < 1.29 is 19.1 Å². The predicted octanol–water partition coefficient (Wildman–Crippen LogP) is 6.23. The summed E-state index contributed by atoms with van der Waals surface area (Å²) in [5.74, 6) is -1.11. The molecular weight excluding hydrogens is 513 g/mol. The number of para-hydroxylation sites is 1. The minimum Gasteiger partial charge on any atom is -0.422 e. The van der Waals surface area contributed by atoms with Gasteiger partial charge in [-0.25, -0.2) is 10.2 Å². The molecule has 0 spiro atoms. The maximum absolute atomic E-state index is 12.6. The van der Waals surface area contributed by atoms with E-state index in [9.17, 15) is 14.4 Å². The van der Waals surface area contributed by atoms with E-state index in [2.05, 4.69) is 15.8 Å². The lowest BCUT2D eigenvalue weighted by Gasteiger charge is -2.08. The number of anilines is 1. The minimum atomic E-state index is -0.556. The van der Waals surface area contributed by atoms with Crippen LogP contribution in [-0.4, -0.2) is 24.0 Å². The maximum atomic E-state index is 12.6. The van der Waals surface area contributed by atoms with Crippen molar-refractivity contribution in [1.82, 2.24) is 5.43 Å². The molecule has 0 aliphatic carbocycles. The van der Waals surface area contributed by atoms with Gasteiger partial charge in [-0.15, -0.1) is 0 Å². The Morgan fingerprint density at radius 1 is 0.703 bits per heavy atom. The number of carbonyl (C=O) groups is 3. The van der Waals surface area contributed by atoms with Gasteiger partial charge < -0.3 is 10.1 Å². The first-order valence-corrected chi connectivity index (χ1v) is 11.7. The Bertz CT molecular complexity index is 1470. The van der Waals surface area contributed by atoms with Crippen LogP contribution < -0.4 is 15.5 Å². The number of hydrogen-bond donors (Lipinski definition) is 2. The van der Waals surface area contributed by atoms with Crippen LogP contribution in [0.4, 0.5) is 5.69 Å². The Labute approximate surface area is 222 Å². The molecule has 0 saturated heterocycles. The third kappa shape index (κ3) is 7.04. The summed E-state index contributed by atoms with van der Waals surface area (Å²) in [7, 11) is 0. The lowest BCUT2D eigenvalue weighted by atomic mass is 10.1. The first-order valence-electron chi connectivity index (χ1n) is 11.0. The molecule has 0 atom stereocenters. The van der Waals surface area contributed by atoms with Gasteiger partial charge in [0.25, 0.3) is 11.8 Å². The molecule has 184 valence electrons. The van der Waals surface area contributed by atoms with E-state index in [0.717, 1.165) is 0 Å². The Hall–Kier alpha value is -4.46. The summed E-state index contributed by atoms with van der Waals surface area (Å²) in [5.41, 5.74) is 4.41. The highest BCUT2D eigenvalue weighted by Gasteiger charge is 2.12. The highest BCUT2D eigenvalue weighted by Crippen LogP contribution is 2.19. The molecular formula is C28H19Cl2N3O4. The number of hydrogen-bond acceptors (Lipinski definition) is 5. The Morgan fingerprint density at radius 3 is 2.05 bits per heavy atom. The molecule has 0 aliphatic heterocycles. The van der Waals surface area contributed by atoms with Crippen LogP contribution in [0.15, 0.2) is 102 Å². The monoisotopic (exact) mass is 531 g/mol. The average molecular weight is 532 g/mol. The van der Waals surface area contributed by atoms with Gasteiger partial charge in [0.1, 0.15) is 5.75 Å². The molecule has 0 fully saturated rings. The fraction of sp³-hybridized carbons (Fsp3) is 0. The molecule has 4 aromatic carbocycles. The zero-order valence-corrected chi connectivity index (χ0v) is 20.7. The first-order chi connectivity index (χ1) is 17.9. The van der Waals surface area contributed by atoms with Crippen molar-refractivity contribution in [2.24, 2.45) is 5.10 Å². The largest absolute Gasteiger partial charge is 0.422 e. The molecule has 0 saturated carbocycles. The Balaban J connectivity index is 1.39. The van der Waals surface area contributed by atoms with E-state index in [4.69, 9.17) is 27.9 Å². The van der Waals surface area contributed by atoms with Gasteiger partial charge in [0, 0.05) is 32.4 Å². The van der Waals surface area contributed by atoms with E-state index in [1.807, 2.05) is 0 Å². The molecule has 4 rings (SSSR count). The summed E-state index contributed by atoms with van der Waals surface area (Å²) >= 11 is 11.7. The zero-order valence-electron chi connectivity index (χ0n) is 19.2. The van der Waals surface area contributed by atoms with Crippen LogP contribution in [-0.2, 0) is 0 Å². The molecule has 4 aromatic rings. The lowest BCUT2D eigenvalue weighted by Crippen LogP contribution is -2.18. The van der Waals surface area contributed by atoms with Crippen LogP contribution in [0.5, 0.6) is 5.75 Å². The number of halogens is 2. The van der Waals surface area contributed by atoms with Gasteiger partial charge in [-0.3, -0.25) is 9.59 Å². The second-order valence-corrected chi connectivity index (χ2v) is 8.55. The number of ether oxygens (including phenoxy) is 1. The molecule has 0 unspecified atom stereocenters. The van der Waals surface area contributed by atoms with E-state index in [0.29, 0.717) is 32.4 Å². The van der Waals surface area contributed by atoms with Gasteiger partial charge in [0.15, 0.2) is 0 Å².